The van der Waals surface area contributed by atoms with Crippen molar-refractivity contribution in [2.45, 2.75) is 18.1 Å². The molecule has 5 nitrogen and oxygen atoms in total. The van der Waals surface area contributed by atoms with E-state index in [0.29, 0.717) is 5.69 Å². The van der Waals surface area contributed by atoms with Crippen LogP contribution in [0.1, 0.15) is 6.92 Å². The zero-order chi connectivity index (χ0) is 15.7. The number of ether oxygens (including phenoxy) is 1. The number of carbonyl (C=O) groups excluding carboxylic acids is 2. The van der Waals surface area contributed by atoms with E-state index in [1.807, 2.05) is 12.1 Å². The van der Waals surface area contributed by atoms with E-state index in [2.05, 4.69) is 22.6 Å². The van der Waals surface area contributed by atoms with Gasteiger partial charge in [0.25, 0.3) is 0 Å². The zero-order valence-electron chi connectivity index (χ0n) is 11.8. The molecule has 1 N–H and O–H groups in total. The van der Waals surface area contributed by atoms with Crippen LogP contribution in [0.15, 0.2) is 36.4 Å². The molecule has 0 radical (unpaired) electrons. The summed E-state index contributed by atoms with van der Waals surface area (Å²) in [5, 5.41) is 9.74. The first-order valence-corrected chi connectivity index (χ1v) is 8.14. The molecular formula is C16H14INO4. The number of anilines is 1. The zero-order valence-corrected chi connectivity index (χ0v) is 14.0. The van der Waals surface area contributed by atoms with Gasteiger partial charge in [0.2, 0.25) is 11.8 Å². The molecule has 22 heavy (non-hydrogen) atoms. The largest absolute Gasteiger partial charge is 0.393 e. The van der Waals surface area contributed by atoms with Crippen LogP contribution < -0.4 is 4.90 Å². The summed E-state index contributed by atoms with van der Waals surface area (Å²) in [4.78, 5) is 26.9. The maximum atomic E-state index is 12.9. The monoisotopic (exact) mass is 411 g/mol. The van der Waals surface area contributed by atoms with Crippen molar-refractivity contribution in [1.82, 2.24) is 0 Å². The number of rotatable bonds is 2. The molecule has 3 aliphatic rings. The number of imide groups is 1. The lowest BCUT2D eigenvalue weighted by atomic mass is 9.73. The minimum Gasteiger partial charge on any atom is -0.393 e. The number of benzene rings is 1. The molecular weight excluding hydrogens is 397 g/mol. The Kier molecular flexibility index (Phi) is 2.87. The van der Waals surface area contributed by atoms with Crippen molar-refractivity contribution in [1.29, 1.82) is 0 Å². The van der Waals surface area contributed by atoms with Gasteiger partial charge in [-0.1, -0.05) is 12.2 Å². The molecule has 0 unspecified atom stereocenters. The van der Waals surface area contributed by atoms with Crippen molar-refractivity contribution in [3.05, 3.63) is 40.0 Å². The summed E-state index contributed by atoms with van der Waals surface area (Å²) in [6, 6.07) is 7.25. The average molecular weight is 411 g/mol. The number of halogens is 1. The highest BCUT2D eigenvalue weighted by Gasteiger charge is 2.72. The van der Waals surface area contributed by atoms with Crippen LogP contribution in [0.25, 0.3) is 0 Å². The van der Waals surface area contributed by atoms with E-state index in [1.54, 1.807) is 31.2 Å². The fraction of sp³-hybridized carbons (Fsp3) is 0.375. The highest BCUT2D eigenvalue weighted by atomic mass is 127. The Labute approximate surface area is 141 Å². The molecule has 2 bridgehead atoms. The lowest BCUT2D eigenvalue weighted by Crippen LogP contribution is -2.43. The van der Waals surface area contributed by atoms with Gasteiger partial charge in [-0.15, -0.1) is 0 Å². The van der Waals surface area contributed by atoms with Crippen molar-refractivity contribution in [3.63, 3.8) is 0 Å². The summed E-state index contributed by atoms with van der Waals surface area (Å²) < 4.78 is 6.91. The predicted octanol–water partition coefficient (Wildman–Crippen LogP) is 1.49. The number of fused-ring (bicyclic) bond motifs is 5. The van der Waals surface area contributed by atoms with Crippen molar-refractivity contribution >= 4 is 40.1 Å². The van der Waals surface area contributed by atoms with Gasteiger partial charge in [0.1, 0.15) is 5.60 Å². The van der Waals surface area contributed by atoms with Crippen LogP contribution in [-0.2, 0) is 14.3 Å². The number of hydrogen-bond donors (Lipinski definition) is 1. The number of nitrogens with zero attached hydrogens (tertiary/aromatic N) is 1. The standard InChI is InChI=1S/C16H14INO4/c1-15-6-7-16(8-19,22-15)12-11(15)13(20)18(14(12)21)10-4-2-9(17)3-5-10/h2-7,11-12,19H,8H2,1H3/t11-,12-,15+,16+/m1/s1. The second-order valence-electron chi connectivity index (χ2n) is 6.18. The molecule has 3 heterocycles. The second kappa shape index (κ2) is 4.39. The van der Waals surface area contributed by atoms with E-state index < -0.39 is 23.0 Å². The third-order valence-electron chi connectivity index (χ3n) is 4.89. The Morgan fingerprint density at radius 3 is 2.45 bits per heavy atom. The first-order chi connectivity index (χ1) is 10.4. The first-order valence-electron chi connectivity index (χ1n) is 7.07. The Hall–Kier alpha value is -1.25. The topological polar surface area (TPSA) is 66.8 Å². The van der Waals surface area contributed by atoms with Crippen LogP contribution in [0.3, 0.4) is 0 Å². The maximum Gasteiger partial charge on any atom is 0.241 e. The van der Waals surface area contributed by atoms with Crippen LogP contribution in [0.4, 0.5) is 5.69 Å². The first kappa shape index (κ1) is 14.3. The number of amides is 2. The van der Waals surface area contributed by atoms with Crippen molar-refractivity contribution in [2.75, 3.05) is 11.5 Å². The van der Waals surface area contributed by atoms with Gasteiger partial charge in [-0.05, 0) is 53.8 Å². The van der Waals surface area contributed by atoms with Crippen LogP contribution in [0.2, 0.25) is 0 Å². The molecule has 0 aromatic heterocycles. The number of aliphatic hydroxyl groups excluding tert-OH is 1. The van der Waals surface area contributed by atoms with Gasteiger partial charge in [-0.2, -0.15) is 0 Å². The van der Waals surface area contributed by atoms with Crippen LogP contribution in [-0.4, -0.2) is 34.7 Å². The smallest absolute Gasteiger partial charge is 0.241 e. The maximum absolute atomic E-state index is 12.9. The molecule has 1 aromatic rings. The molecule has 4 rings (SSSR count). The second-order valence-corrected chi connectivity index (χ2v) is 7.42. The van der Waals surface area contributed by atoms with E-state index in [9.17, 15) is 14.7 Å². The number of carbonyl (C=O) groups is 2. The molecule has 2 amide bonds. The van der Waals surface area contributed by atoms with Gasteiger partial charge in [0.05, 0.1) is 29.7 Å². The summed E-state index contributed by atoms with van der Waals surface area (Å²) in [6.45, 7) is 1.49. The Bertz CT molecular complexity index is 715. The number of hydrogen-bond acceptors (Lipinski definition) is 4. The summed E-state index contributed by atoms with van der Waals surface area (Å²) in [5.41, 5.74) is -1.32. The fourth-order valence-corrected chi connectivity index (χ4v) is 4.25. The molecule has 2 saturated heterocycles. The van der Waals surface area contributed by atoms with E-state index in [4.69, 9.17) is 4.74 Å². The summed E-state index contributed by atoms with van der Waals surface area (Å²) >= 11 is 2.17. The Morgan fingerprint density at radius 1 is 1.18 bits per heavy atom. The Morgan fingerprint density at radius 2 is 1.82 bits per heavy atom. The van der Waals surface area contributed by atoms with E-state index >= 15 is 0 Å². The van der Waals surface area contributed by atoms with Crippen molar-refractivity contribution in [2.24, 2.45) is 11.8 Å². The van der Waals surface area contributed by atoms with Crippen LogP contribution >= 0.6 is 22.6 Å². The van der Waals surface area contributed by atoms with Gasteiger partial charge in [0.15, 0.2) is 0 Å². The molecule has 0 spiro atoms. The molecule has 4 atom stereocenters. The Balaban J connectivity index is 1.80. The van der Waals surface area contributed by atoms with Gasteiger partial charge in [-0.25, -0.2) is 4.90 Å². The third-order valence-corrected chi connectivity index (χ3v) is 5.61. The van der Waals surface area contributed by atoms with Gasteiger partial charge in [0, 0.05) is 3.57 Å². The van der Waals surface area contributed by atoms with Gasteiger partial charge >= 0.3 is 0 Å². The third kappa shape index (κ3) is 1.60. The molecule has 1 aromatic carbocycles. The molecule has 114 valence electrons. The summed E-state index contributed by atoms with van der Waals surface area (Å²) in [5.74, 6) is -1.77. The van der Waals surface area contributed by atoms with E-state index in [1.165, 1.54) is 4.90 Å². The van der Waals surface area contributed by atoms with Crippen LogP contribution in [0, 0.1) is 15.4 Å². The van der Waals surface area contributed by atoms with Gasteiger partial charge < -0.3 is 9.84 Å². The quantitative estimate of drug-likeness (QED) is 0.455. The van der Waals surface area contributed by atoms with Crippen LogP contribution in [0.5, 0.6) is 0 Å². The highest BCUT2D eigenvalue weighted by molar-refractivity contribution is 14.1. The summed E-state index contributed by atoms with van der Waals surface area (Å²) in [6.07, 6.45) is 3.53. The lowest BCUT2D eigenvalue weighted by Gasteiger charge is -2.26. The average Bonchev–Trinajstić information content (AvgIpc) is 3.07. The van der Waals surface area contributed by atoms with Crippen molar-refractivity contribution < 1.29 is 19.4 Å². The normalized spacial score (nSPS) is 39.0. The predicted molar refractivity (Wildman–Crippen MR) is 87.1 cm³/mol. The van der Waals surface area contributed by atoms with E-state index in [-0.39, 0.29) is 18.4 Å². The van der Waals surface area contributed by atoms with E-state index in [0.717, 1.165) is 3.57 Å². The number of aliphatic hydroxyl groups is 1. The minimum absolute atomic E-state index is 0.251. The molecule has 0 aliphatic carbocycles. The minimum atomic E-state index is -1.07. The highest BCUT2D eigenvalue weighted by Crippen LogP contribution is 2.57. The lowest BCUT2D eigenvalue weighted by molar-refractivity contribution is -0.131. The van der Waals surface area contributed by atoms with Gasteiger partial charge in [-0.3, -0.25) is 9.59 Å². The molecule has 3 aliphatic heterocycles. The molecule has 6 heteroatoms. The SMILES string of the molecule is C[C@@]12C=C[C@@](CO)(O1)[C@H]1C(=O)N(c3ccc(I)cc3)C(=O)[C@@H]12. The van der Waals surface area contributed by atoms with Crippen molar-refractivity contribution in [3.8, 4) is 0 Å². The molecule has 2 fully saturated rings. The summed E-state index contributed by atoms with van der Waals surface area (Å²) in [7, 11) is 0. The molecule has 0 saturated carbocycles. The fourth-order valence-electron chi connectivity index (χ4n) is 3.89.